The number of amides is 1. The van der Waals surface area contributed by atoms with Crippen LogP contribution in [0.15, 0.2) is 29.8 Å². The molecule has 0 unspecified atom stereocenters. The Kier molecular flexibility index (Phi) is 9.41. The zero-order chi connectivity index (χ0) is 15.8. The van der Waals surface area contributed by atoms with Crippen LogP contribution in [-0.2, 0) is 4.79 Å². The van der Waals surface area contributed by atoms with E-state index in [-0.39, 0.29) is 18.3 Å². The molecule has 128 valence electrons. The highest BCUT2D eigenvalue weighted by Gasteiger charge is 2.07. The maximum absolute atomic E-state index is 11.8. The second-order valence-corrected chi connectivity index (χ2v) is 5.88. The molecule has 1 amide bonds. The first kappa shape index (κ1) is 20.1. The van der Waals surface area contributed by atoms with Gasteiger partial charge in [-0.3, -0.25) is 4.79 Å². The summed E-state index contributed by atoms with van der Waals surface area (Å²) in [5.74, 6) is 0.592. The molecule has 1 aromatic carbocycles. The fraction of sp³-hybridized carbons (Fsp3) is 0.438. The molecule has 0 bridgehead atoms. The number of halogens is 3. The van der Waals surface area contributed by atoms with Gasteiger partial charge in [-0.05, 0) is 31.5 Å². The zero-order valence-electron chi connectivity index (χ0n) is 12.7. The van der Waals surface area contributed by atoms with Gasteiger partial charge < -0.3 is 15.4 Å². The van der Waals surface area contributed by atoms with E-state index in [2.05, 4.69) is 16.7 Å². The average molecular weight is 380 g/mol. The lowest BCUT2D eigenvalue weighted by Gasteiger charge is -2.14. The van der Waals surface area contributed by atoms with Gasteiger partial charge in [-0.25, -0.2) is 0 Å². The lowest BCUT2D eigenvalue weighted by molar-refractivity contribution is -0.121. The van der Waals surface area contributed by atoms with Crippen molar-refractivity contribution in [1.82, 2.24) is 10.6 Å². The van der Waals surface area contributed by atoms with E-state index in [0.717, 1.165) is 19.5 Å². The fourth-order valence-corrected chi connectivity index (χ4v) is 2.49. The SMILES string of the molecule is Cl.O=C(CCCOc1cccc(Cl)c1Cl)NCC1=CCNCC1. The molecule has 1 heterocycles. The van der Waals surface area contributed by atoms with E-state index in [9.17, 15) is 4.79 Å². The van der Waals surface area contributed by atoms with Crippen LogP contribution in [-0.4, -0.2) is 32.1 Å². The first-order chi connectivity index (χ1) is 10.7. The van der Waals surface area contributed by atoms with Crippen LogP contribution >= 0.6 is 35.6 Å². The molecule has 1 aliphatic heterocycles. The first-order valence-corrected chi connectivity index (χ1v) is 8.14. The Morgan fingerprint density at radius 1 is 1.35 bits per heavy atom. The van der Waals surface area contributed by atoms with Crippen molar-refractivity contribution in [2.75, 3.05) is 26.2 Å². The number of hydrogen-bond acceptors (Lipinski definition) is 3. The highest BCUT2D eigenvalue weighted by atomic mass is 35.5. The van der Waals surface area contributed by atoms with Crippen molar-refractivity contribution in [3.05, 3.63) is 39.9 Å². The lowest BCUT2D eigenvalue weighted by atomic mass is 10.1. The normalized spacial score (nSPS) is 13.7. The summed E-state index contributed by atoms with van der Waals surface area (Å²) in [6.45, 7) is 2.94. The third kappa shape index (κ3) is 7.00. The molecule has 0 radical (unpaired) electrons. The monoisotopic (exact) mass is 378 g/mol. The maximum atomic E-state index is 11.8. The molecule has 0 fully saturated rings. The molecule has 2 N–H and O–H groups in total. The first-order valence-electron chi connectivity index (χ1n) is 7.39. The van der Waals surface area contributed by atoms with Gasteiger partial charge >= 0.3 is 0 Å². The molecule has 0 saturated heterocycles. The second kappa shape index (κ2) is 10.8. The van der Waals surface area contributed by atoms with Crippen LogP contribution in [0, 0.1) is 0 Å². The fourth-order valence-electron chi connectivity index (χ4n) is 2.14. The van der Waals surface area contributed by atoms with E-state index in [1.807, 2.05) is 0 Å². The Bertz CT molecular complexity index is 550. The van der Waals surface area contributed by atoms with Gasteiger partial charge in [0.1, 0.15) is 10.8 Å². The molecule has 23 heavy (non-hydrogen) atoms. The topological polar surface area (TPSA) is 50.4 Å². The summed E-state index contributed by atoms with van der Waals surface area (Å²) < 4.78 is 5.55. The summed E-state index contributed by atoms with van der Waals surface area (Å²) in [5.41, 5.74) is 1.29. The molecule has 1 aliphatic rings. The quantitative estimate of drug-likeness (QED) is 0.562. The summed E-state index contributed by atoms with van der Waals surface area (Å²) in [5, 5.41) is 7.05. The molecule has 0 atom stereocenters. The third-order valence-corrected chi connectivity index (χ3v) is 4.19. The van der Waals surface area contributed by atoms with Crippen molar-refractivity contribution in [2.45, 2.75) is 19.3 Å². The molecule has 7 heteroatoms. The Morgan fingerprint density at radius 2 is 2.17 bits per heavy atom. The predicted octanol–water partition coefficient (Wildman–Crippen LogP) is 3.61. The Hall–Kier alpha value is -0.940. The second-order valence-electron chi connectivity index (χ2n) is 5.10. The molecule has 2 rings (SSSR count). The van der Waals surface area contributed by atoms with E-state index in [0.29, 0.717) is 41.8 Å². The molecule has 0 aromatic heterocycles. The summed E-state index contributed by atoms with van der Waals surface area (Å²) in [4.78, 5) is 11.8. The van der Waals surface area contributed by atoms with Gasteiger partial charge in [-0.2, -0.15) is 0 Å². The van der Waals surface area contributed by atoms with Gasteiger partial charge in [0.2, 0.25) is 5.91 Å². The number of carbonyl (C=O) groups excluding carboxylic acids is 1. The van der Waals surface area contributed by atoms with Crippen molar-refractivity contribution in [3.8, 4) is 5.75 Å². The van der Waals surface area contributed by atoms with Crippen LogP contribution in [0.5, 0.6) is 5.75 Å². The number of nitrogens with one attached hydrogen (secondary N) is 2. The van der Waals surface area contributed by atoms with E-state index in [1.54, 1.807) is 18.2 Å². The maximum Gasteiger partial charge on any atom is 0.220 e. The van der Waals surface area contributed by atoms with Crippen molar-refractivity contribution < 1.29 is 9.53 Å². The largest absolute Gasteiger partial charge is 0.492 e. The highest BCUT2D eigenvalue weighted by molar-refractivity contribution is 6.42. The zero-order valence-corrected chi connectivity index (χ0v) is 15.1. The molecule has 1 aromatic rings. The van der Waals surface area contributed by atoms with Gasteiger partial charge in [-0.1, -0.05) is 40.9 Å². The summed E-state index contributed by atoms with van der Waals surface area (Å²) >= 11 is 11.9. The standard InChI is InChI=1S/C16H20Cl2N2O2.ClH/c17-13-3-1-4-14(16(13)18)22-10-2-5-15(21)20-11-12-6-8-19-9-7-12;/h1,3-4,6,19H,2,5,7-11H2,(H,20,21);1H. The molecular formula is C16H21Cl3N2O2. The Balaban J connectivity index is 0.00000264. The van der Waals surface area contributed by atoms with Crippen molar-refractivity contribution in [2.24, 2.45) is 0 Å². The third-order valence-electron chi connectivity index (χ3n) is 3.39. The summed E-state index contributed by atoms with van der Waals surface area (Å²) in [6, 6.07) is 5.25. The molecule has 0 saturated carbocycles. The molecule has 0 spiro atoms. The van der Waals surface area contributed by atoms with E-state index in [4.69, 9.17) is 27.9 Å². The molecule has 0 aliphatic carbocycles. The van der Waals surface area contributed by atoms with E-state index >= 15 is 0 Å². The van der Waals surface area contributed by atoms with Crippen LogP contribution in [0.4, 0.5) is 0 Å². The minimum absolute atomic E-state index is 0. The number of ether oxygens (including phenoxy) is 1. The Labute approximate surface area is 153 Å². The van der Waals surface area contributed by atoms with Gasteiger partial charge in [-0.15, -0.1) is 12.4 Å². The lowest BCUT2D eigenvalue weighted by Crippen LogP contribution is -2.29. The van der Waals surface area contributed by atoms with Gasteiger partial charge in [0.15, 0.2) is 0 Å². The van der Waals surface area contributed by atoms with Crippen LogP contribution in [0.25, 0.3) is 0 Å². The average Bonchev–Trinajstić information content (AvgIpc) is 2.54. The van der Waals surface area contributed by atoms with Crippen LogP contribution in [0.3, 0.4) is 0 Å². The number of benzene rings is 1. The predicted molar refractivity (Wildman–Crippen MR) is 97.0 cm³/mol. The van der Waals surface area contributed by atoms with Gasteiger partial charge in [0.25, 0.3) is 0 Å². The number of rotatable bonds is 7. The van der Waals surface area contributed by atoms with Crippen LogP contribution in [0.2, 0.25) is 10.0 Å². The van der Waals surface area contributed by atoms with Gasteiger partial charge in [0.05, 0.1) is 11.6 Å². The molecular weight excluding hydrogens is 359 g/mol. The summed E-state index contributed by atoms with van der Waals surface area (Å²) in [6.07, 6.45) is 4.20. The summed E-state index contributed by atoms with van der Waals surface area (Å²) in [7, 11) is 0. The Morgan fingerprint density at radius 3 is 2.91 bits per heavy atom. The highest BCUT2D eigenvalue weighted by Crippen LogP contribution is 2.31. The van der Waals surface area contributed by atoms with E-state index in [1.165, 1.54) is 5.57 Å². The number of hydrogen-bond donors (Lipinski definition) is 2. The molecule has 4 nitrogen and oxygen atoms in total. The van der Waals surface area contributed by atoms with Crippen LogP contribution < -0.4 is 15.4 Å². The number of carbonyl (C=O) groups is 1. The smallest absolute Gasteiger partial charge is 0.220 e. The van der Waals surface area contributed by atoms with E-state index < -0.39 is 0 Å². The van der Waals surface area contributed by atoms with Crippen molar-refractivity contribution >= 4 is 41.5 Å². The van der Waals surface area contributed by atoms with Crippen molar-refractivity contribution in [3.63, 3.8) is 0 Å². The van der Waals surface area contributed by atoms with Crippen LogP contribution in [0.1, 0.15) is 19.3 Å². The minimum atomic E-state index is 0. The minimum Gasteiger partial charge on any atom is -0.492 e. The van der Waals surface area contributed by atoms with Crippen molar-refractivity contribution in [1.29, 1.82) is 0 Å². The van der Waals surface area contributed by atoms with Gasteiger partial charge in [0, 0.05) is 19.5 Å².